The molecular formula is C30H25Cl2N7O8. The number of anilines is 3. The number of aliphatic hydroxyl groups excluding tert-OH is 1. The molecule has 0 radical (unpaired) electrons. The van der Waals surface area contributed by atoms with Crippen molar-refractivity contribution in [2.24, 2.45) is 0 Å². The Morgan fingerprint density at radius 2 is 1.55 bits per heavy atom. The van der Waals surface area contributed by atoms with Gasteiger partial charge < -0.3 is 35.4 Å². The van der Waals surface area contributed by atoms with Crippen molar-refractivity contribution in [2.75, 3.05) is 37.2 Å². The summed E-state index contributed by atoms with van der Waals surface area (Å²) >= 11 is 11.3. The second-order valence-corrected chi connectivity index (χ2v) is 9.66. The third kappa shape index (κ3) is 9.52. The first kappa shape index (κ1) is 35.5. The Morgan fingerprint density at radius 3 is 2.06 bits per heavy atom. The predicted molar refractivity (Wildman–Crippen MR) is 174 cm³/mol. The fourth-order valence-corrected chi connectivity index (χ4v) is 3.91. The molecule has 0 spiro atoms. The number of hydrogen-bond donors (Lipinski definition) is 4. The van der Waals surface area contributed by atoms with Gasteiger partial charge in [0.1, 0.15) is 41.4 Å². The largest absolute Gasteiger partial charge is 0.496 e. The summed E-state index contributed by atoms with van der Waals surface area (Å²) in [7, 11) is 2.89. The number of pyridine rings is 2. The molecule has 0 saturated heterocycles. The number of ether oxygens (including phenoxy) is 2. The number of hydrogen-bond acceptors (Lipinski definition) is 12. The van der Waals surface area contributed by atoms with Crippen molar-refractivity contribution in [3.05, 3.63) is 105 Å². The van der Waals surface area contributed by atoms with Crippen LogP contribution in [0.25, 0.3) is 11.0 Å². The molecule has 0 saturated carbocycles. The number of amides is 2. The van der Waals surface area contributed by atoms with Crippen LogP contribution in [-0.4, -0.2) is 52.6 Å². The van der Waals surface area contributed by atoms with Crippen LogP contribution < -0.4 is 25.8 Å². The smallest absolute Gasteiger partial charge is 0.294 e. The highest BCUT2D eigenvalue weighted by Crippen LogP contribution is 2.35. The first-order valence-electron chi connectivity index (χ1n) is 13.0. The Balaban J connectivity index is 0.000000206. The molecular weight excluding hydrogens is 657 g/mol. The zero-order valence-electron chi connectivity index (χ0n) is 24.6. The molecule has 47 heavy (non-hydrogen) atoms. The number of nitriles is 1. The minimum absolute atomic E-state index is 0.0104. The maximum Gasteiger partial charge on any atom is 0.294 e. The molecule has 15 nitrogen and oxygen atoms in total. The van der Waals surface area contributed by atoms with E-state index in [1.54, 1.807) is 48.5 Å². The number of halogens is 2. The van der Waals surface area contributed by atoms with Gasteiger partial charge in [-0.15, -0.1) is 0 Å². The molecule has 2 aromatic carbocycles. The number of nitrogens with zero attached hydrogens (tertiary/aromatic N) is 4. The average Bonchev–Trinajstić information content (AvgIpc) is 3.43. The van der Waals surface area contributed by atoms with E-state index in [4.69, 9.17) is 53.2 Å². The van der Waals surface area contributed by atoms with Crippen molar-refractivity contribution in [1.29, 1.82) is 5.26 Å². The van der Waals surface area contributed by atoms with Gasteiger partial charge >= 0.3 is 0 Å². The quantitative estimate of drug-likeness (QED) is 0.124. The van der Waals surface area contributed by atoms with Crippen LogP contribution in [0, 0.1) is 21.4 Å². The Labute approximate surface area is 276 Å². The number of carbonyl (C=O) groups excluding carboxylic acids is 2. The lowest BCUT2D eigenvalue weighted by atomic mass is 10.2. The van der Waals surface area contributed by atoms with Gasteiger partial charge in [0.15, 0.2) is 5.56 Å². The Kier molecular flexibility index (Phi) is 12.8. The van der Waals surface area contributed by atoms with Gasteiger partial charge in [-0.1, -0.05) is 35.3 Å². The van der Waals surface area contributed by atoms with E-state index in [1.807, 2.05) is 0 Å². The highest BCUT2D eigenvalue weighted by atomic mass is 35.5. The van der Waals surface area contributed by atoms with E-state index >= 15 is 0 Å². The Bertz CT molecular complexity index is 1910. The fourth-order valence-electron chi connectivity index (χ4n) is 3.69. The van der Waals surface area contributed by atoms with Gasteiger partial charge in [-0.3, -0.25) is 19.7 Å². The number of nitrogens with two attached hydrogens (primary N) is 1. The lowest BCUT2D eigenvalue weighted by Gasteiger charge is -2.03. The standard InChI is InChI=1S/C15H12ClN3O3.C8H6N2O3.C7H7ClN2O2/c1-21-9-3-2-4-10-12(9)13(17)14(22-10)15(20)19-11-6-5-8(16)7-18-11;1-13-8-4-2-3-7(10(11)12)6(8)5-9;8-5-1-2-6(9-3-5)10-7(12)4-11/h2-7H,17H2,1H3,(H,18,19,20);2-4H,1H3;1-3,11H,4H2,(H,9,10,12). The molecule has 3 heterocycles. The van der Waals surface area contributed by atoms with E-state index in [9.17, 15) is 19.7 Å². The van der Waals surface area contributed by atoms with Gasteiger partial charge in [0.2, 0.25) is 5.76 Å². The average molecular weight is 682 g/mol. The second-order valence-electron chi connectivity index (χ2n) is 8.79. The molecule has 5 aromatic rings. The molecule has 0 fully saturated rings. The van der Waals surface area contributed by atoms with E-state index in [2.05, 4.69) is 20.6 Å². The van der Waals surface area contributed by atoms with E-state index < -0.39 is 23.3 Å². The third-order valence-corrected chi connectivity index (χ3v) is 6.23. The molecule has 5 rings (SSSR count). The summed E-state index contributed by atoms with van der Waals surface area (Å²) < 4.78 is 15.6. The maximum absolute atomic E-state index is 12.3. The first-order chi connectivity index (χ1) is 22.5. The van der Waals surface area contributed by atoms with Gasteiger partial charge in [0, 0.05) is 18.5 Å². The van der Waals surface area contributed by atoms with E-state index in [0.29, 0.717) is 38.4 Å². The molecule has 0 unspecified atom stereocenters. The van der Waals surface area contributed by atoms with Crippen molar-refractivity contribution < 1.29 is 33.5 Å². The molecule has 3 aromatic heterocycles. The third-order valence-electron chi connectivity index (χ3n) is 5.78. The zero-order chi connectivity index (χ0) is 34.5. The van der Waals surface area contributed by atoms with Gasteiger partial charge in [-0.25, -0.2) is 9.97 Å². The molecule has 0 aliphatic carbocycles. The number of nitro groups is 1. The minimum atomic E-state index is -0.610. The van der Waals surface area contributed by atoms with Crippen molar-refractivity contribution in [2.45, 2.75) is 0 Å². The van der Waals surface area contributed by atoms with E-state index in [1.165, 1.54) is 44.8 Å². The van der Waals surface area contributed by atoms with Gasteiger partial charge in [0.25, 0.3) is 17.5 Å². The number of benzene rings is 2. The molecule has 5 N–H and O–H groups in total. The summed E-state index contributed by atoms with van der Waals surface area (Å²) in [5.74, 6) is 0.505. The minimum Gasteiger partial charge on any atom is -0.496 e. The van der Waals surface area contributed by atoms with Crippen LogP contribution in [0.15, 0.2) is 77.5 Å². The molecule has 0 aliphatic heterocycles. The van der Waals surface area contributed by atoms with E-state index in [-0.39, 0.29) is 28.4 Å². The number of fused-ring (bicyclic) bond motifs is 1. The number of rotatable bonds is 7. The van der Waals surface area contributed by atoms with Crippen LogP contribution in [0.2, 0.25) is 10.0 Å². The van der Waals surface area contributed by atoms with Gasteiger partial charge in [0.05, 0.1) is 40.3 Å². The summed E-state index contributed by atoms with van der Waals surface area (Å²) in [5, 5.41) is 34.0. The number of nitrogens with one attached hydrogen (secondary N) is 2. The molecule has 2 amide bonds. The SMILES string of the molecule is COc1cccc([N+](=O)[O-])c1C#N.COc1cccc2oc(C(=O)Nc3ccc(Cl)cn3)c(N)c12.O=C(CO)Nc1ccc(Cl)cn1. The predicted octanol–water partition coefficient (Wildman–Crippen LogP) is 5.47. The lowest BCUT2D eigenvalue weighted by Crippen LogP contribution is -2.16. The summed E-state index contributed by atoms with van der Waals surface area (Å²) in [6.07, 6.45) is 2.84. The van der Waals surface area contributed by atoms with Crippen LogP contribution >= 0.6 is 23.2 Å². The van der Waals surface area contributed by atoms with Crippen LogP contribution in [0.3, 0.4) is 0 Å². The molecule has 0 aliphatic rings. The summed E-state index contributed by atoms with van der Waals surface area (Å²) in [4.78, 5) is 40.5. The summed E-state index contributed by atoms with van der Waals surface area (Å²) in [6.45, 7) is -0.551. The number of methoxy groups -OCH3 is 2. The van der Waals surface area contributed by atoms with Crippen LogP contribution in [0.1, 0.15) is 16.1 Å². The van der Waals surface area contributed by atoms with Crippen LogP contribution in [-0.2, 0) is 4.79 Å². The molecule has 0 bridgehead atoms. The topological polar surface area (TPSA) is 229 Å². The first-order valence-corrected chi connectivity index (χ1v) is 13.8. The van der Waals surface area contributed by atoms with Crippen molar-refractivity contribution in [1.82, 2.24) is 9.97 Å². The molecule has 242 valence electrons. The van der Waals surface area contributed by atoms with E-state index in [0.717, 1.165) is 0 Å². The summed E-state index contributed by atoms with van der Waals surface area (Å²) in [6, 6.07) is 17.5. The van der Waals surface area contributed by atoms with Gasteiger partial charge in [-0.05, 0) is 42.5 Å². The molecule has 0 atom stereocenters. The number of aromatic nitrogens is 2. The zero-order valence-corrected chi connectivity index (χ0v) is 26.1. The Morgan fingerprint density at radius 1 is 0.979 bits per heavy atom. The normalized spacial score (nSPS) is 9.87. The number of carbonyl (C=O) groups is 2. The second kappa shape index (κ2) is 16.9. The van der Waals surface area contributed by atoms with Gasteiger partial charge in [-0.2, -0.15) is 5.26 Å². The number of aliphatic hydroxyl groups is 1. The van der Waals surface area contributed by atoms with Crippen molar-refractivity contribution in [3.63, 3.8) is 0 Å². The molecule has 17 heteroatoms. The van der Waals surface area contributed by atoms with Crippen molar-refractivity contribution in [3.8, 4) is 17.6 Å². The summed E-state index contributed by atoms with van der Waals surface area (Å²) in [5.41, 5.74) is 6.44. The maximum atomic E-state index is 12.3. The van der Waals surface area contributed by atoms with Crippen LogP contribution in [0.4, 0.5) is 23.0 Å². The van der Waals surface area contributed by atoms with Crippen molar-refractivity contribution >= 4 is 69.0 Å². The number of nitro benzene ring substituents is 1. The highest BCUT2D eigenvalue weighted by Gasteiger charge is 2.21. The number of furan rings is 1. The Hall–Kier alpha value is -5.95. The highest BCUT2D eigenvalue weighted by molar-refractivity contribution is 6.30. The van der Waals surface area contributed by atoms with Crippen LogP contribution in [0.5, 0.6) is 11.5 Å². The lowest BCUT2D eigenvalue weighted by molar-refractivity contribution is -0.385. The number of nitrogen functional groups attached to an aromatic ring is 1. The fraction of sp³-hybridized carbons (Fsp3) is 0.100. The monoisotopic (exact) mass is 681 g/mol.